The van der Waals surface area contributed by atoms with Crippen molar-refractivity contribution in [1.82, 2.24) is 20.4 Å². The molecule has 166 valence electrons. The first-order valence-corrected chi connectivity index (χ1v) is 9.55. The van der Waals surface area contributed by atoms with Crippen LogP contribution < -0.4 is 16.2 Å². The summed E-state index contributed by atoms with van der Waals surface area (Å²) >= 11 is 9.04. The van der Waals surface area contributed by atoms with E-state index in [0.717, 1.165) is 6.33 Å². The lowest BCUT2D eigenvalue weighted by Gasteiger charge is -2.12. The number of carbonyl (C=O) groups excluding carboxylic acids is 1. The number of nitro groups is 1. The van der Waals surface area contributed by atoms with E-state index in [1.165, 1.54) is 6.07 Å². The van der Waals surface area contributed by atoms with Gasteiger partial charge in [0, 0.05) is 10.7 Å². The van der Waals surface area contributed by atoms with Gasteiger partial charge in [-0.25, -0.2) is 15.0 Å². The molecule has 1 aromatic carbocycles. The van der Waals surface area contributed by atoms with Gasteiger partial charge in [0.15, 0.2) is 5.82 Å². The minimum Gasteiger partial charge on any atom is -0.318 e. The predicted octanol–water partition coefficient (Wildman–Crippen LogP) is 4.72. The van der Waals surface area contributed by atoms with Gasteiger partial charge >= 0.3 is 11.9 Å². The zero-order valence-corrected chi connectivity index (χ0v) is 17.8. The first-order valence-electron chi connectivity index (χ1n) is 8.38. The van der Waals surface area contributed by atoms with E-state index in [1.807, 2.05) is 0 Å². The number of benzene rings is 1. The number of alkyl halides is 3. The average Bonchev–Trinajstić information content (AvgIpc) is 2.73. The topological polar surface area (TPSA) is 135 Å². The molecule has 0 saturated carbocycles. The van der Waals surface area contributed by atoms with Crippen molar-refractivity contribution in [2.45, 2.75) is 6.18 Å². The SMILES string of the molecule is O=C(NNc1ncnc(Nc2ncc(C(F)(F)F)cc2Cl)c1[N+](=O)[O-])c1ccccc1Br. The van der Waals surface area contributed by atoms with Crippen molar-refractivity contribution in [3.63, 3.8) is 0 Å². The number of halogens is 5. The number of anilines is 3. The smallest absolute Gasteiger partial charge is 0.318 e. The molecule has 32 heavy (non-hydrogen) atoms. The third-order valence-electron chi connectivity index (χ3n) is 3.82. The normalized spacial score (nSPS) is 11.0. The minimum atomic E-state index is -4.67. The molecule has 0 aliphatic heterocycles. The van der Waals surface area contributed by atoms with Crippen molar-refractivity contribution in [3.05, 3.63) is 73.6 Å². The van der Waals surface area contributed by atoms with Gasteiger partial charge in [-0.3, -0.25) is 25.8 Å². The van der Waals surface area contributed by atoms with Crippen molar-refractivity contribution in [3.8, 4) is 0 Å². The van der Waals surface area contributed by atoms with E-state index >= 15 is 0 Å². The standard InChI is InChI=1S/C17H10BrClF3N7O3/c18-10-4-2-1-3-9(10)16(30)28-27-15-12(29(31)32)14(24-7-25-15)26-13-11(19)5-8(6-23-13)17(20,21)22/h1-7H,(H,28,30)(H2,23,24,25,26,27). The molecule has 2 heterocycles. The molecular weight excluding hydrogens is 523 g/mol. The van der Waals surface area contributed by atoms with E-state index < -0.39 is 44.9 Å². The Kier molecular flexibility index (Phi) is 6.74. The summed E-state index contributed by atoms with van der Waals surface area (Å²) in [5, 5.41) is 13.6. The molecule has 3 N–H and O–H groups in total. The molecule has 3 rings (SSSR count). The quantitative estimate of drug-likeness (QED) is 0.307. The molecule has 10 nitrogen and oxygen atoms in total. The summed E-state index contributed by atoms with van der Waals surface area (Å²) in [6.45, 7) is 0. The highest BCUT2D eigenvalue weighted by Gasteiger charge is 2.32. The number of nitrogens with zero attached hydrogens (tertiary/aromatic N) is 4. The van der Waals surface area contributed by atoms with Crippen LogP contribution in [0.15, 0.2) is 47.3 Å². The Balaban J connectivity index is 1.86. The van der Waals surface area contributed by atoms with Crippen molar-refractivity contribution in [2.24, 2.45) is 0 Å². The lowest BCUT2D eigenvalue weighted by atomic mass is 10.2. The van der Waals surface area contributed by atoms with Crippen LogP contribution >= 0.6 is 27.5 Å². The zero-order chi connectivity index (χ0) is 23.5. The van der Waals surface area contributed by atoms with Crippen molar-refractivity contribution >= 4 is 56.6 Å². The highest BCUT2D eigenvalue weighted by Crippen LogP contribution is 2.35. The van der Waals surface area contributed by atoms with Crippen LogP contribution in [0.2, 0.25) is 5.02 Å². The fourth-order valence-corrected chi connectivity index (χ4v) is 3.04. The lowest BCUT2D eigenvalue weighted by Crippen LogP contribution is -2.30. The molecule has 0 saturated heterocycles. The molecule has 0 atom stereocenters. The zero-order valence-electron chi connectivity index (χ0n) is 15.4. The predicted molar refractivity (Wildman–Crippen MR) is 111 cm³/mol. The maximum Gasteiger partial charge on any atom is 0.417 e. The molecule has 0 spiro atoms. The minimum absolute atomic E-state index is 0.246. The van der Waals surface area contributed by atoms with Gasteiger partial charge in [-0.15, -0.1) is 0 Å². The largest absolute Gasteiger partial charge is 0.417 e. The van der Waals surface area contributed by atoms with E-state index in [4.69, 9.17) is 11.6 Å². The number of amides is 1. The van der Waals surface area contributed by atoms with Gasteiger partial charge in [0.2, 0.25) is 11.6 Å². The number of hydrogen-bond donors (Lipinski definition) is 3. The van der Waals surface area contributed by atoms with Crippen LogP contribution in [0.1, 0.15) is 15.9 Å². The summed E-state index contributed by atoms with van der Waals surface area (Å²) < 4.78 is 38.8. The van der Waals surface area contributed by atoms with E-state index in [2.05, 4.69) is 47.1 Å². The average molecular weight is 533 g/mol. The Labute approximate surface area is 190 Å². The monoisotopic (exact) mass is 531 g/mol. The van der Waals surface area contributed by atoms with Crippen molar-refractivity contribution in [1.29, 1.82) is 0 Å². The van der Waals surface area contributed by atoms with Crippen LogP contribution in [0.4, 0.5) is 36.3 Å². The van der Waals surface area contributed by atoms with Gasteiger partial charge in [-0.05, 0) is 34.1 Å². The van der Waals surface area contributed by atoms with Crippen LogP contribution in [-0.4, -0.2) is 25.8 Å². The summed E-state index contributed by atoms with van der Waals surface area (Å²) in [5.74, 6) is -1.73. The molecule has 1 amide bonds. The van der Waals surface area contributed by atoms with Crippen LogP contribution in [0.3, 0.4) is 0 Å². The molecule has 15 heteroatoms. The van der Waals surface area contributed by atoms with Gasteiger partial charge in [0.05, 0.1) is 21.1 Å². The Morgan fingerprint density at radius 1 is 1.12 bits per heavy atom. The van der Waals surface area contributed by atoms with Crippen molar-refractivity contribution < 1.29 is 22.9 Å². The molecular formula is C17H10BrClF3N7O3. The number of aromatic nitrogens is 3. The van der Waals surface area contributed by atoms with Gasteiger partial charge in [-0.1, -0.05) is 23.7 Å². The molecule has 0 aliphatic rings. The first kappa shape index (κ1) is 23.1. The van der Waals surface area contributed by atoms with Crippen LogP contribution in [-0.2, 0) is 6.18 Å². The van der Waals surface area contributed by atoms with Crippen LogP contribution in [0.5, 0.6) is 0 Å². The summed E-state index contributed by atoms with van der Waals surface area (Å²) in [5.41, 5.74) is 3.04. The van der Waals surface area contributed by atoms with E-state index in [-0.39, 0.29) is 11.4 Å². The number of nitrogens with one attached hydrogen (secondary N) is 3. The van der Waals surface area contributed by atoms with Gasteiger partial charge in [0.25, 0.3) is 5.91 Å². The summed E-state index contributed by atoms with van der Waals surface area (Å²) in [6, 6.07) is 7.07. The number of pyridine rings is 1. The fourth-order valence-electron chi connectivity index (χ4n) is 2.36. The molecule has 0 unspecified atom stereocenters. The molecule has 0 fully saturated rings. The van der Waals surface area contributed by atoms with Gasteiger partial charge in [0.1, 0.15) is 6.33 Å². The molecule has 2 aromatic heterocycles. The van der Waals surface area contributed by atoms with Crippen LogP contribution in [0, 0.1) is 10.1 Å². The summed E-state index contributed by atoms with van der Waals surface area (Å²) in [7, 11) is 0. The van der Waals surface area contributed by atoms with E-state index in [1.54, 1.807) is 18.2 Å². The number of hydrogen-bond acceptors (Lipinski definition) is 8. The Morgan fingerprint density at radius 3 is 2.44 bits per heavy atom. The third-order valence-corrected chi connectivity index (χ3v) is 4.80. The lowest BCUT2D eigenvalue weighted by molar-refractivity contribution is -0.383. The fraction of sp³-hybridized carbons (Fsp3) is 0.0588. The molecule has 0 aliphatic carbocycles. The Bertz CT molecular complexity index is 1200. The highest BCUT2D eigenvalue weighted by atomic mass is 79.9. The van der Waals surface area contributed by atoms with E-state index in [0.29, 0.717) is 16.7 Å². The number of rotatable bonds is 6. The Hall–Kier alpha value is -3.52. The highest BCUT2D eigenvalue weighted by molar-refractivity contribution is 9.10. The maximum absolute atomic E-state index is 12.8. The molecule has 0 radical (unpaired) electrons. The second-order valence-electron chi connectivity index (χ2n) is 5.91. The van der Waals surface area contributed by atoms with Gasteiger partial charge in [-0.2, -0.15) is 13.2 Å². The molecule has 0 bridgehead atoms. The maximum atomic E-state index is 12.8. The first-order chi connectivity index (χ1) is 15.1. The second kappa shape index (κ2) is 9.32. The van der Waals surface area contributed by atoms with Crippen LogP contribution in [0.25, 0.3) is 0 Å². The number of hydrazine groups is 1. The summed E-state index contributed by atoms with van der Waals surface area (Å²) in [4.78, 5) is 34.0. The van der Waals surface area contributed by atoms with Crippen molar-refractivity contribution in [2.75, 3.05) is 10.7 Å². The van der Waals surface area contributed by atoms with E-state index in [9.17, 15) is 28.1 Å². The third kappa shape index (κ3) is 5.20. The number of carbonyl (C=O) groups is 1. The van der Waals surface area contributed by atoms with Gasteiger partial charge < -0.3 is 5.32 Å². The summed E-state index contributed by atoms with van der Waals surface area (Å²) in [6.07, 6.45) is -3.22. The Morgan fingerprint density at radius 2 is 1.81 bits per heavy atom. The second-order valence-corrected chi connectivity index (χ2v) is 7.17. The molecule has 3 aromatic rings.